The third-order valence-corrected chi connectivity index (χ3v) is 5.42. The van der Waals surface area contributed by atoms with E-state index in [2.05, 4.69) is 33.0 Å². The number of rotatable bonds is 2. The number of carbonyl (C=O) groups is 1. The quantitative estimate of drug-likeness (QED) is 0.811. The molecule has 3 unspecified atom stereocenters. The Bertz CT molecular complexity index is 383. The van der Waals surface area contributed by atoms with Crippen LogP contribution in [-0.4, -0.2) is 12.8 Å². The highest BCUT2D eigenvalue weighted by molar-refractivity contribution is 5.98. The Labute approximate surface area is 111 Å². The number of Topliss-reactive ketones (excluding diaryl/α,β-unsaturated/α-hetero) is 1. The molecule has 0 aromatic carbocycles. The molecule has 1 saturated carbocycles. The van der Waals surface area contributed by atoms with Gasteiger partial charge < -0.3 is 5.32 Å². The Hall–Kier alpha value is -0.790. The zero-order chi connectivity index (χ0) is 13.5. The average molecular weight is 249 g/mol. The first-order valence-electron chi connectivity index (χ1n) is 7.37. The van der Waals surface area contributed by atoms with E-state index in [1.165, 1.54) is 18.4 Å². The van der Waals surface area contributed by atoms with Gasteiger partial charge in [-0.2, -0.15) is 0 Å². The monoisotopic (exact) mass is 249 g/mol. The van der Waals surface area contributed by atoms with Crippen molar-refractivity contribution in [1.29, 1.82) is 0 Å². The van der Waals surface area contributed by atoms with E-state index in [9.17, 15) is 4.79 Å². The standard InChI is InChI=1S/C16H27NO/c1-10(2)12-9-16(4)11(3)7-6-8-13(16)14(17-5)15(12)18/h10-12,17H,6-9H2,1-5H3. The van der Waals surface area contributed by atoms with E-state index >= 15 is 0 Å². The molecule has 0 spiro atoms. The number of hydrogen-bond donors (Lipinski definition) is 1. The molecule has 0 radical (unpaired) electrons. The molecule has 102 valence electrons. The maximum absolute atomic E-state index is 12.6. The number of fused-ring (bicyclic) bond motifs is 1. The predicted molar refractivity (Wildman–Crippen MR) is 75.2 cm³/mol. The number of likely N-dealkylation sites (N-methyl/N-ethyl adjacent to an activating group) is 1. The van der Waals surface area contributed by atoms with E-state index in [-0.39, 0.29) is 11.3 Å². The largest absolute Gasteiger partial charge is 0.385 e. The Morgan fingerprint density at radius 1 is 1.39 bits per heavy atom. The van der Waals surface area contributed by atoms with Gasteiger partial charge in [-0.1, -0.05) is 27.7 Å². The summed E-state index contributed by atoms with van der Waals surface area (Å²) in [4.78, 5) is 12.6. The summed E-state index contributed by atoms with van der Waals surface area (Å²) in [5.41, 5.74) is 2.58. The molecule has 2 aliphatic carbocycles. The van der Waals surface area contributed by atoms with Gasteiger partial charge in [-0.05, 0) is 48.5 Å². The number of allylic oxidation sites excluding steroid dienone is 2. The summed E-state index contributed by atoms with van der Waals surface area (Å²) in [6.45, 7) is 9.10. The van der Waals surface area contributed by atoms with E-state index in [1.807, 2.05) is 7.05 Å². The second kappa shape index (κ2) is 4.71. The van der Waals surface area contributed by atoms with E-state index in [4.69, 9.17) is 0 Å². The van der Waals surface area contributed by atoms with Crippen LogP contribution < -0.4 is 5.32 Å². The maximum Gasteiger partial charge on any atom is 0.181 e. The van der Waals surface area contributed by atoms with E-state index in [0.717, 1.165) is 18.5 Å². The van der Waals surface area contributed by atoms with Gasteiger partial charge in [0.15, 0.2) is 5.78 Å². The van der Waals surface area contributed by atoms with Crippen LogP contribution in [0.25, 0.3) is 0 Å². The number of ketones is 1. The minimum absolute atomic E-state index is 0.196. The van der Waals surface area contributed by atoms with Crippen molar-refractivity contribution in [2.75, 3.05) is 7.05 Å². The summed E-state index contributed by atoms with van der Waals surface area (Å²) < 4.78 is 0. The molecule has 0 amide bonds. The number of hydrogen-bond acceptors (Lipinski definition) is 2. The SMILES string of the molecule is CNC1=C2CCCC(C)C2(C)CC(C(C)C)C1=O. The summed E-state index contributed by atoms with van der Waals surface area (Å²) in [7, 11) is 1.91. The lowest BCUT2D eigenvalue weighted by Gasteiger charge is -2.48. The van der Waals surface area contributed by atoms with Crippen molar-refractivity contribution in [2.24, 2.45) is 23.2 Å². The van der Waals surface area contributed by atoms with E-state index < -0.39 is 0 Å². The van der Waals surface area contributed by atoms with Crippen LogP contribution in [0.4, 0.5) is 0 Å². The molecule has 2 aliphatic rings. The van der Waals surface area contributed by atoms with Gasteiger partial charge in [0.2, 0.25) is 0 Å². The van der Waals surface area contributed by atoms with Gasteiger partial charge in [0.05, 0.1) is 5.70 Å². The first kappa shape index (κ1) is 13.6. The molecule has 0 aromatic rings. The lowest BCUT2D eigenvalue weighted by molar-refractivity contribution is -0.123. The van der Waals surface area contributed by atoms with Crippen LogP contribution in [0.15, 0.2) is 11.3 Å². The molecule has 0 heterocycles. The molecule has 0 bridgehead atoms. The molecule has 2 rings (SSSR count). The third kappa shape index (κ3) is 1.90. The summed E-state index contributed by atoms with van der Waals surface area (Å²) in [5, 5.41) is 3.21. The average Bonchev–Trinajstić information content (AvgIpc) is 2.31. The van der Waals surface area contributed by atoms with Gasteiger partial charge in [-0.3, -0.25) is 4.79 Å². The van der Waals surface area contributed by atoms with Crippen LogP contribution in [0.5, 0.6) is 0 Å². The molecule has 1 N–H and O–H groups in total. The van der Waals surface area contributed by atoms with Gasteiger partial charge in [-0.25, -0.2) is 0 Å². The third-order valence-electron chi connectivity index (χ3n) is 5.42. The van der Waals surface area contributed by atoms with Gasteiger partial charge in [0, 0.05) is 13.0 Å². The highest BCUT2D eigenvalue weighted by Gasteiger charge is 2.47. The van der Waals surface area contributed by atoms with Crippen LogP contribution in [-0.2, 0) is 4.79 Å². The molecule has 18 heavy (non-hydrogen) atoms. The van der Waals surface area contributed by atoms with Crippen molar-refractivity contribution in [3.63, 3.8) is 0 Å². The number of nitrogens with one attached hydrogen (secondary N) is 1. The van der Waals surface area contributed by atoms with Crippen molar-refractivity contribution >= 4 is 5.78 Å². The Kier molecular flexibility index (Phi) is 3.57. The van der Waals surface area contributed by atoms with Gasteiger partial charge in [0.25, 0.3) is 0 Å². The van der Waals surface area contributed by atoms with Gasteiger partial charge in [-0.15, -0.1) is 0 Å². The molecule has 0 saturated heterocycles. The molecule has 2 heteroatoms. The van der Waals surface area contributed by atoms with Crippen molar-refractivity contribution < 1.29 is 4.79 Å². The topological polar surface area (TPSA) is 29.1 Å². The van der Waals surface area contributed by atoms with Crippen molar-refractivity contribution in [2.45, 2.75) is 53.4 Å². The smallest absolute Gasteiger partial charge is 0.181 e. The van der Waals surface area contributed by atoms with Crippen LogP contribution in [0.2, 0.25) is 0 Å². The number of carbonyl (C=O) groups excluding carboxylic acids is 1. The summed E-state index contributed by atoms with van der Waals surface area (Å²) in [6, 6.07) is 0. The molecule has 0 aliphatic heterocycles. The minimum Gasteiger partial charge on any atom is -0.385 e. The van der Waals surface area contributed by atoms with Gasteiger partial charge >= 0.3 is 0 Å². The fourth-order valence-electron chi connectivity index (χ4n) is 3.92. The first-order valence-corrected chi connectivity index (χ1v) is 7.37. The molecule has 1 fully saturated rings. The van der Waals surface area contributed by atoms with Crippen LogP contribution in [0.1, 0.15) is 53.4 Å². The van der Waals surface area contributed by atoms with Gasteiger partial charge in [0.1, 0.15) is 0 Å². The second-order valence-electron chi connectivity index (χ2n) is 6.73. The second-order valence-corrected chi connectivity index (χ2v) is 6.73. The minimum atomic E-state index is 0.196. The Morgan fingerprint density at radius 3 is 2.61 bits per heavy atom. The summed E-state index contributed by atoms with van der Waals surface area (Å²) >= 11 is 0. The molecular formula is C16H27NO. The first-order chi connectivity index (χ1) is 8.41. The maximum atomic E-state index is 12.6. The van der Waals surface area contributed by atoms with Crippen molar-refractivity contribution in [3.05, 3.63) is 11.3 Å². The van der Waals surface area contributed by atoms with E-state index in [0.29, 0.717) is 17.6 Å². The predicted octanol–water partition coefficient (Wildman–Crippen LogP) is 3.53. The van der Waals surface area contributed by atoms with E-state index in [1.54, 1.807) is 0 Å². The summed E-state index contributed by atoms with van der Waals surface area (Å²) in [5.74, 6) is 1.68. The normalized spacial score (nSPS) is 36.9. The zero-order valence-corrected chi connectivity index (χ0v) is 12.5. The fraction of sp³-hybridized carbons (Fsp3) is 0.812. The fourth-order valence-corrected chi connectivity index (χ4v) is 3.92. The lowest BCUT2D eigenvalue weighted by Crippen LogP contribution is -2.45. The van der Waals surface area contributed by atoms with Crippen molar-refractivity contribution in [1.82, 2.24) is 5.32 Å². The Balaban J connectivity index is 2.49. The summed E-state index contributed by atoms with van der Waals surface area (Å²) in [6.07, 6.45) is 4.69. The highest BCUT2D eigenvalue weighted by atomic mass is 16.1. The lowest BCUT2D eigenvalue weighted by atomic mass is 9.56. The van der Waals surface area contributed by atoms with Crippen LogP contribution in [0, 0.1) is 23.2 Å². The van der Waals surface area contributed by atoms with Crippen molar-refractivity contribution in [3.8, 4) is 0 Å². The molecule has 3 atom stereocenters. The molecule has 2 nitrogen and oxygen atoms in total. The highest BCUT2D eigenvalue weighted by Crippen LogP contribution is 2.53. The zero-order valence-electron chi connectivity index (χ0n) is 12.5. The van der Waals surface area contributed by atoms with Crippen LogP contribution in [0.3, 0.4) is 0 Å². The molecular weight excluding hydrogens is 222 g/mol. The Morgan fingerprint density at radius 2 is 2.06 bits per heavy atom. The van der Waals surface area contributed by atoms with Crippen LogP contribution >= 0.6 is 0 Å². The molecule has 0 aromatic heterocycles.